The highest BCUT2D eigenvalue weighted by Gasteiger charge is 2.12. The fourth-order valence-electron chi connectivity index (χ4n) is 2.74. The Balaban J connectivity index is 1.51. The molecule has 4 rings (SSSR count). The van der Waals surface area contributed by atoms with Crippen molar-refractivity contribution in [2.75, 3.05) is 5.32 Å². The molecular weight excluding hydrogens is 379 g/mol. The lowest BCUT2D eigenvalue weighted by Gasteiger charge is -2.10. The summed E-state index contributed by atoms with van der Waals surface area (Å²) in [5.74, 6) is -0.530. The van der Waals surface area contributed by atoms with Crippen LogP contribution in [0.2, 0.25) is 5.15 Å². The number of nitrogens with one attached hydrogen (secondary N) is 1. The summed E-state index contributed by atoms with van der Waals surface area (Å²) >= 11 is 5.71. The maximum atomic E-state index is 14.5. The first-order valence-electron chi connectivity index (χ1n) is 8.47. The van der Waals surface area contributed by atoms with Gasteiger partial charge < -0.3 is 10.1 Å². The molecule has 0 aliphatic carbocycles. The number of ether oxygens (including phenoxy) is 1. The van der Waals surface area contributed by atoms with E-state index in [2.05, 4.69) is 10.3 Å². The van der Waals surface area contributed by atoms with Crippen LogP contribution in [0.4, 0.5) is 10.1 Å². The third-order valence-electron chi connectivity index (χ3n) is 4.13. The Kier molecular flexibility index (Phi) is 4.91. The summed E-state index contributed by atoms with van der Waals surface area (Å²) < 4.78 is 20.1. The maximum Gasteiger partial charge on any atom is 0.255 e. The summed E-state index contributed by atoms with van der Waals surface area (Å²) in [6.07, 6.45) is 1.42. The van der Waals surface area contributed by atoms with E-state index in [9.17, 15) is 9.18 Å². The molecule has 1 heterocycles. The second-order valence-electron chi connectivity index (χ2n) is 6.08. The number of pyridine rings is 1. The third-order valence-corrected chi connectivity index (χ3v) is 4.35. The van der Waals surface area contributed by atoms with Gasteiger partial charge in [0.15, 0.2) is 11.6 Å². The molecule has 1 amide bonds. The van der Waals surface area contributed by atoms with Crippen molar-refractivity contribution in [3.63, 3.8) is 0 Å². The van der Waals surface area contributed by atoms with E-state index in [-0.39, 0.29) is 11.3 Å². The highest BCUT2D eigenvalue weighted by atomic mass is 35.5. The molecule has 0 atom stereocenters. The lowest BCUT2D eigenvalue weighted by molar-refractivity contribution is 0.102. The number of hydrogen-bond acceptors (Lipinski definition) is 3. The van der Waals surface area contributed by atoms with E-state index in [1.54, 1.807) is 18.2 Å². The van der Waals surface area contributed by atoms with Crippen LogP contribution in [-0.2, 0) is 0 Å². The van der Waals surface area contributed by atoms with E-state index in [0.29, 0.717) is 16.6 Å². The minimum Gasteiger partial charge on any atom is -0.454 e. The Morgan fingerprint density at radius 2 is 1.79 bits per heavy atom. The van der Waals surface area contributed by atoms with Gasteiger partial charge in [0, 0.05) is 5.56 Å². The predicted molar refractivity (Wildman–Crippen MR) is 108 cm³/mol. The van der Waals surface area contributed by atoms with Crippen molar-refractivity contribution in [2.45, 2.75) is 0 Å². The second-order valence-corrected chi connectivity index (χ2v) is 6.47. The van der Waals surface area contributed by atoms with Crippen LogP contribution < -0.4 is 10.1 Å². The van der Waals surface area contributed by atoms with Crippen molar-refractivity contribution in [3.8, 4) is 11.5 Å². The van der Waals surface area contributed by atoms with Crippen LogP contribution in [0.15, 0.2) is 79.0 Å². The Bertz CT molecular complexity index is 1160. The van der Waals surface area contributed by atoms with Gasteiger partial charge >= 0.3 is 0 Å². The zero-order valence-electron chi connectivity index (χ0n) is 14.5. The smallest absolute Gasteiger partial charge is 0.255 e. The first kappa shape index (κ1) is 17.9. The standard InChI is InChI=1S/C22H14ClFN2O2/c23-21-10-7-17(13-25-21)26-22(27)16-6-9-20(19(24)12-16)28-18-8-5-14-3-1-2-4-15(14)11-18/h1-13H,(H,26,27). The third kappa shape index (κ3) is 3.94. The molecule has 0 saturated heterocycles. The monoisotopic (exact) mass is 392 g/mol. The number of carbonyl (C=O) groups excluding carboxylic acids is 1. The first-order valence-corrected chi connectivity index (χ1v) is 8.85. The molecule has 1 aromatic heterocycles. The van der Waals surface area contributed by atoms with E-state index < -0.39 is 11.7 Å². The van der Waals surface area contributed by atoms with Crippen LogP contribution in [0, 0.1) is 5.82 Å². The van der Waals surface area contributed by atoms with Crippen molar-refractivity contribution < 1.29 is 13.9 Å². The summed E-state index contributed by atoms with van der Waals surface area (Å²) in [7, 11) is 0. The summed E-state index contributed by atoms with van der Waals surface area (Å²) in [4.78, 5) is 16.2. The first-order chi connectivity index (χ1) is 13.6. The molecule has 1 N–H and O–H groups in total. The molecule has 0 aliphatic rings. The Morgan fingerprint density at radius 1 is 0.964 bits per heavy atom. The molecule has 0 saturated carbocycles. The molecule has 0 spiro atoms. The number of hydrogen-bond donors (Lipinski definition) is 1. The number of aromatic nitrogens is 1. The number of nitrogens with zero attached hydrogens (tertiary/aromatic N) is 1. The van der Waals surface area contributed by atoms with Crippen LogP contribution in [0.1, 0.15) is 10.4 Å². The lowest BCUT2D eigenvalue weighted by Crippen LogP contribution is -2.12. The van der Waals surface area contributed by atoms with E-state index in [0.717, 1.165) is 16.8 Å². The van der Waals surface area contributed by atoms with Crippen LogP contribution in [-0.4, -0.2) is 10.9 Å². The number of carbonyl (C=O) groups is 1. The average molecular weight is 393 g/mol. The van der Waals surface area contributed by atoms with Gasteiger partial charge in [0.25, 0.3) is 5.91 Å². The highest BCUT2D eigenvalue weighted by Crippen LogP contribution is 2.28. The second kappa shape index (κ2) is 7.66. The van der Waals surface area contributed by atoms with Gasteiger partial charge in [-0.1, -0.05) is 41.9 Å². The summed E-state index contributed by atoms with van der Waals surface area (Å²) in [6.45, 7) is 0. The Morgan fingerprint density at radius 3 is 2.54 bits per heavy atom. The molecule has 0 unspecified atom stereocenters. The molecule has 138 valence electrons. The van der Waals surface area contributed by atoms with Crippen LogP contribution >= 0.6 is 11.6 Å². The molecule has 6 heteroatoms. The average Bonchev–Trinajstić information content (AvgIpc) is 2.71. The molecular formula is C22H14ClFN2O2. The van der Waals surface area contributed by atoms with Gasteiger partial charge in [0.1, 0.15) is 10.9 Å². The lowest BCUT2D eigenvalue weighted by atomic mass is 10.1. The van der Waals surface area contributed by atoms with Crippen molar-refractivity contribution in [3.05, 3.63) is 95.5 Å². The molecule has 0 bridgehead atoms. The van der Waals surface area contributed by atoms with Gasteiger partial charge in [0.2, 0.25) is 0 Å². The van der Waals surface area contributed by atoms with Crippen molar-refractivity contribution >= 4 is 34.0 Å². The van der Waals surface area contributed by atoms with Crippen molar-refractivity contribution in [1.82, 2.24) is 4.98 Å². The molecule has 0 fully saturated rings. The normalized spacial score (nSPS) is 10.6. The number of benzene rings is 3. The van der Waals surface area contributed by atoms with Gasteiger partial charge in [-0.15, -0.1) is 0 Å². The molecule has 28 heavy (non-hydrogen) atoms. The number of halogens is 2. The summed E-state index contributed by atoms with van der Waals surface area (Å²) in [6, 6.07) is 20.6. The quantitative estimate of drug-likeness (QED) is 0.429. The number of amides is 1. The highest BCUT2D eigenvalue weighted by molar-refractivity contribution is 6.29. The SMILES string of the molecule is O=C(Nc1ccc(Cl)nc1)c1ccc(Oc2ccc3ccccc3c2)c(F)c1. The fraction of sp³-hybridized carbons (Fsp3) is 0. The topological polar surface area (TPSA) is 51.2 Å². The minimum absolute atomic E-state index is 0.0417. The molecule has 4 nitrogen and oxygen atoms in total. The largest absolute Gasteiger partial charge is 0.454 e. The van der Waals surface area contributed by atoms with Crippen molar-refractivity contribution in [1.29, 1.82) is 0 Å². The predicted octanol–water partition coefficient (Wildman–Crippen LogP) is 6.07. The van der Waals surface area contributed by atoms with E-state index in [1.165, 1.54) is 18.3 Å². The summed E-state index contributed by atoms with van der Waals surface area (Å²) in [5.41, 5.74) is 0.629. The van der Waals surface area contributed by atoms with Crippen LogP contribution in [0.25, 0.3) is 10.8 Å². The Labute approximate surface area is 165 Å². The zero-order chi connectivity index (χ0) is 19.5. The molecule has 0 radical (unpaired) electrons. The van der Waals surface area contributed by atoms with E-state index in [1.807, 2.05) is 36.4 Å². The maximum absolute atomic E-state index is 14.5. The van der Waals surface area contributed by atoms with Gasteiger partial charge in [-0.2, -0.15) is 0 Å². The van der Waals surface area contributed by atoms with E-state index in [4.69, 9.17) is 16.3 Å². The van der Waals surface area contributed by atoms with Crippen LogP contribution in [0.5, 0.6) is 11.5 Å². The van der Waals surface area contributed by atoms with Gasteiger partial charge in [-0.25, -0.2) is 9.37 Å². The number of fused-ring (bicyclic) bond motifs is 1. The molecule has 3 aromatic carbocycles. The van der Waals surface area contributed by atoms with Crippen LogP contribution in [0.3, 0.4) is 0 Å². The molecule has 4 aromatic rings. The van der Waals surface area contributed by atoms with Gasteiger partial charge in [-0.05, 0) is 53.2 Å². The fourth-order valence-corrected chi connectivity index (χ4v) is 2.85. The Hall–Kier alpha value is -3.44. The van der Waals surface area contributed by atoms with Gasteiger partial charge in [0.05, 0.1) is 11.9 Å². The van der Waals surface area contributed by atoms with Gasteiger partial charge in [-0.3, -0.25) is 4.79 Å². The number of anilines is 1. The van der Waals surface area contributed by atoms with Crippen molar-refractivity contribution in [2.24, 2.45) is 0 Å². The zero-order valence-corrected chi connectivity index (χ0v) is 15.3. The summed E-state index contributed by atoms with van der Waals surface area (Å²) in [5, 5.41) is 5.02. The molecule has 0 aliphatic heterocycles. The minimum atomic E-state index is -0.630. The van der Waals surface area contributed by atoms with E-state index >= 15 is 0 Å². The number of rotatable bonds is 4.